The van der Waals surface area contributed by atoms with E-state index in [-0.39, 0.29) is 5.92 Å². The first-order chi connectivity index (χ1) is 8.52. The minimum absolute atomic E-state index is 0.101. The Hall–Kier alpha value is -1.43. The van der Waals surface area contributed by atoms with Gasteiger partial charge in [0.1, 0.15) is 4.60 Å². The number of hydrogen-bond donors (Lipinski definition) is 1. The number of carbonyl (C=O) groups is 2. The van der Waals surface area contributed by atoms with E-state index in [1.807, 2.05) is 25.1 Å². The summed E-state index contributed by atoms with van der Waals surface area (Å²) >= 11 is 3.29. The Morgan fingerprint density at radius 2 is 2.33 bits per heavy atom. The van der Waals surface area contributed by atoms with Crippen LogP contribution < -0.4 is 5.73 Å². The van der Waals surface area contributed by atoms with Crippen molar-refractivity contribution in [3.05, 3.63) is 28.5 Å². The standard InChI is InChI=1S/C12H15BrN2O3/c1-8(10(7-16)18-12(14)17)5-6-9-3-2-4-11(13)15-9/h2-4,7-8,10H,5-6H2,1H3,(H2,14,17). The minimum atomic E-state index is -0.931. The monoisotopic (exact) mass is 314 g/mol. The van der Waals surface area contributed by atoms with Gasteiger partial charge in [0.2, 0.25) is 0 Å². The van der Waals surface area contributed by atoms with Crippen LogP contribution in [0.15, 0.2) is 22.8 Å². The second-order valence-corrected chi connectivity index (χ2v) is 4.82. The van der Waals surface area contributed by atoms with Crippen LogP contribution in [-0.2, 0) is 16.0 Å². The summed E-state index contributed by atoms with van der Waals surface area (Å²) in [6, 6.07) is 5.65. The number of pyridine rings is 1. The van der Waals surface area contributed by atoms with E-state index in [0.717, 1.165) is 10.3 Å². The first-order valence-electron chi connectivity index (χ1n) is 5.55. The number of aromatic nitrogens is 1. The van der Waals surface area contributed by atoms with Crippen LogP contribution >= 0.6 is 15.9 Å². The van der Waals surface area contributed by atoms with Crippen LogP contribution in [0.2, 0.25) is 0 Å². The number of hydrogen-bond acceptors (Lipinski definition) is 4. The Kier molecular flexibility index (Phi) is 5.77. The molecule has 0 spiro atoms. The molecule has 1 aromatic heterocycles. The average Bonchev–Trinajstić information content (AvgIpc) is 2.33. The number of aryl methyl sites for hydroxylation is 1. The van der Waals surface area contributed by atoms with Crippen LogP contribution in [0.5, 0.6) is 0 Å². The van der Waals surface area contributed by atoms with Crippen LogP contribution in [0.1, 0.15) is 19.0 Å². The van der Waals surface area contributed by atoms with E-state index < -0.39 is 12.2 Å². The number of halogens is 1. The third-order valence-electron chi connectivity index (χ3n) is 2.58. The maximum atomic E-state index is 10.8. The zero-order valence-corrected chi connectivity index (χ0v) is 11.6. The highest BCUT2D eigenvalue weighted by Crippen LogP contribution is 2.15. The van der Waals surface area contributed by atoms with E-state index in [2.05, 4.69) is 20.9 Å². The Balaban J connectivity index is 2.51. The van der Waals surface area contributed by atoms with Gasteiger partial charge >= 0.3 is 6.09 Å². The highest BCUT2D eigenvalue weighted by atomic mass is 79.9. The topological polar surface area (TPSA) is 82.3 Å². The predicted molar refractivity (Wildman–Crippen MR) is 69.9 cm³/mol. The van der Waals surface area contributed by atoms with Crippen molar-refractivity contribution >= 4 is 28.3 Å². The first kappa shape index (κ1) is 14.6. The second-order valence-electron chi connectivity index (χ2n) is 4.01. The van der Waals surface area contributed by atoms with E-state index in [9.17, 15) is 9.59 Å². The lowest BCUT2D eigenvalue weighted by molar-refractivity contribution is -0.117. The number of carbonyl (C=O) groups excluding carboxylic acids is 2. The molecule has 2 unspecified atom stereocenters. The van der Waals surface area contributed by atoms with Crippen molar-refractivity contribution in [3.8, 4) is 0 Å². The van der Waals surface area contributed by atoms with Crippen LogP contribution in [0.3, 0.4) is 0 Å². The third-order valence-corrected chi connectivity index (χ3v) is 3.02. The molecule has 0 fully saturated rings. The summed E-state index contributed by atoms with van der Waals surface area (Å²) in [5, 5.41) is 0. The predicted octanol–water partition coefficient (Wildman–Crippen LogP) is 2.08. The molecule has 1 amide bonds. The number of nitrogens with zero attached hydrogens (tertiary/aromatic N) is 1. The summed E-state index contributed by atoms with van der Waals surface area (Å²) in [4.78, 5) is 25.7. The van der Waals surface area contributed by atoms with Crippen molar-refractivity contribution in [1.29, 1.82) is 0 Å². The zero-order chi connectivity index (χ0) is 13.5. The van der Waals surface area contributed by atoms with E-state index in [1.54, 1.807) is 0 Å². The van der Waals surface area contributed by atoms with Gasteiger partial charge in [-0.1, -0.05) is 13.0 Å². The molecule has 0 radical (unpaired) electrons. The molecule has 0 aliphatic carbocycles. The molecule has 1 heterocycles. The fraction of sp³-hybridized carbons (Fsp3) is 0.417. The smallest absolute Gasteiger partial charge is 0.405 e. The van der Waals surface area contributed by atoms with Crippen molar-refractivity contribution in [2.45, 2.75) is 25.9 Å². The lowest BCUT2D eigenvalue weighted by atomic mass is 9.98. The van der Waals surface area contributed by atoms with Crippen LogP contribution in [0.25, 0.3) is 0 Å². The van der Waals surface area contributed by atoms with Gasteiger partial charge in [0.05, 0.1) is 0 Å². The van der Waals surface area contributed by atoms with Crippen molar-refractivity contribution in [1.82, 2.24) is 4.98 Å². The lowest BCUT2D eigenvalue weighted by Crippen LogP contribution is -2.29. The molecule has 0 saturated heterocycles. The highest BCUT2D eigenvalue weighted by Gasteiger charge is 2.19. The van der Waals surface area contributed by atoms with E-state index in [0.29, 0.717) is 19.1 Å². The summed E-state index contributed by atoms with van der Waals surface area (Å²) in [6.07, 6.45) is 0.256. The van der Waals surface area contributed by atoms with Crippen molar-refractivity contribution < 1.29 is 14.3 Å². The molecule has 0 aliphatic rings. The van der Waals surface area contributed by atoms with Crippen molar-refractivity contribution in [2.24, 2.45) is 11.7 Å². The van der Waals surface area contributed by atoms with E-state index in [4.69, 9.17) is 10.5 Å². The summed E-state index contributed by atoms with van der Waals surface area (Å²) < 4.78 is 5.49. The summed E-state index contributed by atoms with van der Waals surface area (Å²) in [5.74, 6) is -0.101. The number of primary amides is 1. The Bertz CT molecular complexity index is 426. The molecule has 1 aromatic rings. The molecule has 0 saturated carbocycles. The van der Waals surface area contributed by atoms with Gasteiger partial charge in [-0.15, -0.1) is 0 Å². The number of amides is 1. The summed E-state index contributed by atoms with van der Waals surface area (Å²) in [7, 11) is 0. The van der Waals surface area contributed by atoms with Gasteiger partial charge in [-0.25, -0.2) is 9.78 Å². The quantitative estimate of drug-likeness (QED) is 0.643. The van der Waals surface area contributed by atoms with Gasteiger partial charge < -0.3 is 10.5 Å². The van der Waals surface area contributed by atoms with Crippen molar-refractivity contribution in [3.63, 3.8) is 0 Å². The molecule has 2 atom stereocenters. The number of ether oxygens (including phenoxy) is 1. The largest absolute Gasteiger partial charge is 0.438 e. The van der Waals surface area contributed by atoms with E-state index >= 15 is 0 Å². The Morgan fingerprint density at radius 1 is 1.61 bits per heavy atom. The first-order valence-corrected chi connectivity index (χ1v) is 6.35. The number of aldehydes is 1. The molecule has 98 valence electrons. The van der Waals surface area contributed by atoms with E-state index in [1.165, 1.54) is 0 Å². The normalized spacial score (nSPS) is 13.7. The van der Waals surface area contributed by atoms with Crippen molar-refractivity contribution in [2.75, 3.05) is 0 Å². The fourth-order valence-corrected chi connectivity index (χ4v) is 1.92. The molecule has 18 heavy (non-hydrogen) atoms. The maximum Gasteiger partial charge on any atom is 0.405 e. The molecule has 2 N–H and O–H groups in total. The van der Waals surface area contributed by atoms with Crippen LogP contribution in [0.4, 0.5) is 4.79 Å². The second kappa shape index (κ2) is 7.10. The molecular formula is C12H15BrN2O3. The Labute approximate surface area is 114 Å². The molecule has 0 aromatic carbocycles. The van der Waals surface area contributed by atoms with Gasteiger partial charge in [-0.05, 0) is 40.9 Å². The third kappa shape index (κ3) is 4.83. The Morgan fingerprint density at radius 3 is 2.89 bits per heavy atom. The number of nitrogens with two attached hydrogens (primary N) is 1. The molecule has 1 rings (SSSR count). The highest BCUT2D eigenvalue weighted by molar-refractivity contribution is 9.10. The minimum Gasteiger partial charge on any atom is -0.438 e. The number of rotatable bonds is 6. The van der Waals surface area contributed by atoms with Gasteiger partial charge in [0.25, 0.3) is 0 Å². The van der Waals surface area contributed by atoms with Crippen LogP contribution in [-0.4, -0.2) is 23.5 Å². The molecule has 0 aliphatic heterocycles. The van der Waals surface area contributed by atoms with Gasteiger partial charge in [0, 0.05) is 11.6 Å². The SMILES string of the molecule is CC(CCc1cccc(Br)n1)C(C=O)OC(N)=O. The van der Waals surface area contributed by atoms with Gasteiger partial charge in [-0.3, -0.25) is 4.79 Å². The lowest BCUT2D eigenvalue weighted by Gasteiger charge is -2.17. The molecule has 6 heteroatoms. The summed E-state index contributed by atoms with van der Waals surface area (Å²) in [5.41, 5.74) is 5.81. The molecule has 0 bridgehead atoms. The molecular weight excluding hydrogens is 300 g/mol. The van der Waals surface area contributed by atoms with Gasteiger partial charge in [-0.2, -0.15) is 0 Å². The fourth-order valence-electron chi connectivity index (χ4n) is 1.54. The van der Waals surface area contributed by atoms with Gasteiger partial charge in [0.15, 0.2) is 12.4 Å². The van der Waals surface area contributed by atoms with Crippen LogP contribution in [0, 0.1) is 5.92 Å². The molecule has 5 nitrogen and oxygen atoms in total. The summed E-state index contributed by atoms with van der Waals surface area (Å²) in [6.45, 7) is 1.83. The average molecular weight is 315 g/mol. The zero-order valence-electron chi connectivity index (χ0n) is 10.0. The maximum absolute atomic E-state index is 10.8.